The van der Waals surface area contributed by atoms with Gasteiger partial charge in [0.2, 0.25) is 5.91 Å². The van der Waals surface area contributed by atoms with Crippen molar-refractivity contribution in [3.63, 3.8) is 0 Å². The van der Waals surface area contributed by atoms with Gasteiger partial charge in [0.05, 0.1) is 16.2 Å². The van der Waals surface area contributed by atoms with Gasteiger partial charge in [-0.3, -0.25) is 25.3 Å². The quantitative estimate of drug-likeness (QED) is 0.577. The average Bonchev–Trinajstić information content (AvgIpc) is 2.58. The number of carbonyl (C=O) groups is 1. The predicted octanol–water partition coefficient (Wildman–Crippen LogP) is 3.32. The molecule has 7 nitrogen and oxygen atoms in total. The maximum absolute atomic E-state index is 12.8. The van der Waals surface area contributed by atoms with Gasteiger partial charge in [0.1, 0.15) is 5.69 Å². The van der Waals surface area contributed by atoms with Crippen molar-refractivity contribution < 1.29 is 22.9 Å². The van der Waals surface area contributed by atoms with E-state index >= 15 is 0 Å². The number of nitrogens with zero attached hydrogens (tertiary/aromatic N) is 2. The molecule has 0 aliphatic rings. The van der Waals surface area contributed by atoms with E-state index in [1.165, 1.54) is 5.01 Å². The van der Waals surface area contributed by atoms with Crippen molar-refractivity contribution in [1.29, 1.82) is 0 Å². The number of amides is 1. The minimum absolute atomic E-state index is 0.0592. The first-order chi connectivity index (χ1) is 12.2. The SMILES string of the molecule is NC(=O)CCN(Nc1ccc(C(F)(F)F)cc1[N+](=O)[O-])c1ccccc1. The zero-order valence-corrected chi connectivity index (χ0v) is 13.4. The van der Waals surface area contributed by atoms with Gasteiger partial charge < -0.3 is 5.73 Å². The van der Waals surface area contributed by atoms with Gasteiger partial charge in [0, 0.05) is 19.0 Å². The third-order valence-electron chi connectivity index (χ3n) is 3.43. The summed E-state index contributed by atoms with van der Waals surface area (Å²) in [5, 5.41) is 12.6. The standard InChI is InChI=1S/C16H15F3N4O3/c17-16(18,19)11-6-7-13(14(10-11)23(25)26)21-22(9-8-15(20)24)12-4-2-1-3-5-12/h1-7,10,21H,8-9H2,(H2,20,24). The predicted molar refractivity (Wildman–Crippen MR) is 89.3 cm³/mol. The zero-order chi connectivity index (χ0) is 19.3. The van der Waals surface area contributed by atoms with Crippen molar-refractivity contribution in [2.24, 2.45) is 5.73 Å². The van der Waals surface area contributed by atoms with E-state index in [4.69, 9.17) is 5.73 Å². The number of hydrogen-bond donors (Lipinski definition) is 2. The van der Waals surface area contributed by atoms with Crippen molar-refractivity contribution in [3.05, 3.63) is 64.2 Å². The zero-order valence-electron chi connectivity index (χ0n) is 13.4. The van der Waals surface area contributed by atoms with Crippen LogP contribution in [0.2, 0.25) is 0 Å². The molecule has 26 heavy (non-hydrogen) atoms. The molecule has 2 aromatic carbocycles. The number of nitrogens with two attached hydrogens (primary N) is 1. The first-order valence-corrected chi connectivity index (χ1v) is 7.41. The van der Waals surface area contributed by atoms with E-state index in [9.17, 15) is 28.1 Å². The minimum Gasteiger partial charge on any atom is -0.370 e. The Morgan fingerprint density at radius 1 is 1.19 bits per heavy atom. The van der Waals surface area contributed by atoms with Gasteiger partial charge in [-0.25, -0.2) is 0 Å². The molecule has 0 spiro atoms. The molecular formula is C16H15F3N4O3. The van der Waals surface area contributed by atoms with E-state index in [-0.39, 0.29) is 18.7 Å². The molecule has 0 bridgehead atoms. The molecule has 0 aromatic heterocycles. The molecule has 0 aliphatic carbocycles. The van der Waals surface area contributed by atoms with Gasteiger partial charge >= 0.3 is 6.18 Å². The van der Waals surface area contributed by atoms with Crippen LogP contribution >= 0.6 is 0 Å². The highest BCUT2D eigenvalue weighted by Gasteiger charge is 2.33. The Bertz CT molecular complexity index is 797. The summed E-state index contributed by atoms with van der Waals surface area (Å²) in [5.74, 6) is -0.588. The molecule has 0 radical (unpaired) electrons. The monoisotopic (exact) mass is 368 g/mol. The van der Waals surface area contributed by atoms with Gasteiger partial charge in [-0.1, -0.05) is 18.2 Å². The molecule has 0 fully saturated rings. The van der Waals surface area contributed by atoms with Crippen LogP contribution in [-0.2, 0) is 11.0 Å². The number of nitro groups is 1. The summed E-state index contributed by atoms with van der Waals surface area (Å²) >= 11 is 0. The number of rotatable bonds is 7. The smallest absolute Gasteiger partial charge is 0.370 e. The maximum Gasteiger partial charge on any atom is 0.416 e. The van der Waals surface area contributed by atoms with Crippen LogP contribution in [-0.4, -0.2) is 17.4 Å². The number of para-hydroxylation sites is 1. The lowest BCUT2D eigenvalue weighted by molar-refractivity contribution is -0.384. The molecule has 3 N–H and O–H groups in total. The fourth-order valence-corrected chi connectivity index (χ4v) is 2.18. The average molecular weight is 368 g/mol. The molecule has 1 amide bonds. The third-order valence-corrected chi connectivity index (χ3v) is 3.43. The van der Waals surface area contributed by atoms with Gasteiger partial charge in [-0.05, 0) is 24.3 Å². The van der Waals surface area contributed by atoms with E-state index in [1.54, 1.807) is 30.3 Å². The highest BCUT2D eigenvalue weighted by atomic mass is 19.4. The minimum atomic E-state index is -4.70. The largest absolute Gasteiger partial charge is 0.416 e. The normalized spacial score (nSPS) is 11.0. The van der Waals surface area contributed by atoms with Crippen LogP contribution in [0.1, 0.15) is 12.0 Å². The second-order valence-corrected chi connectivity index (χ2v) is 5.30. The maximum atomic E-state index is 12.8. The summed E-state index contributed by atoms with van der Waals surface area (Å²) in [6.07, 6.45) is -4.76. The lowest BCUT2D eigenvalue weighted by Gasteiger charge is -2.26. The van der Waals surface area contributed by atoms with Crippen LogP contribution in [0.5, 0.6) is 0 Å². The highest BCUT2D eigenvalue weighted by molar-refractivity contribution is 5.75. The Morgan fingerprint density at radius 3 is 2.38 bits per heavy atom. The summed E-state index contributed by atoms with van der Waals surface area (Å²) in [4.78, 5) is 21.3. The summed E-state index contributed by atoms with van der Waals surface area (Å²) in [7, 11) is 0. The van der Waals surface area contributed by atoms with Crippen LogP contribution in [0, 0.1) is 10.1 Å². The second-order valence-electron chi connectivity index (χ2n) is 5.30. The molecule has 0 aliphatic heterocycles. The number of anilines is 2. The molecule has 2 aromatic rings. The number of nitro benzene ring substituents is 1. The molecule has 10 heteroatoms. The van der Waals surface area contributed by atoms with E-state index in [0.717, 1.165) is 12.1 Å². The van der Waals surface area contributed by atoms with Crippen LogP contribution in [0.25, 0.3) is 0 Å². The summed E-state index contributed by atoms with van der Waals surface area (Å²) in [6, 6.07) is 10.7. The van der Waals surface area contributed by atoms with E-state index in [2.05, 4.69) is 5.43 Å². The van der Waals surface area contributed by atoms with Crippen LogP contribution in [0.4, 0.5) is 30.2 Å². The third kappa shape index (κ3) is 4.85. The number of primary amides is 1. The molecule has 0 heterocycles. The Balaban J connectivity index is 2.37. The van der Waals surface area contributed by atoms with Crippen molar-refractivity contribution in [1.82, 2.24) is 0 Å². The molecule has 0 atom stereocenters. The number of alkyl halides is 3. The van der Waals surface area contributed by atoms with Crippen molar-refractivity contribution in [3.8, 4) is 0 Å². The van der Waals surface area contributed by atoms with Crippen molar-refractivity contribution in [2.45, 2.75) is 12.6 Å². The van der Waals surface area contributed by atoms with Gasteiger partial charge in [0.15, 0.2) is 0 Å². The summed E-state index contributed by atoms with van der Waals surface area (Å²) in [5.41, 5.74) is 6.38. The fourth-order valence-electron chi connectivity index (χ4n) is 2.18. The number of hydrogen-bond acceptors (Lipinski definition) is 5. The number of benzene rings is 2. The number of nitrogens with one attached hydrogen (secondary N) is 1. The van der Waals surface area contributed by atoms with Crippen molar-refractivity contribution in [2.75, 3.05) is 17.0 Å². The van der Waals surface area contributed by atoms with Crippen LogP contribution in [0.3, 0.4) is 0 Å². The molecule has 138 valence electrons. The Hall–Kier alpha value is -3.30. The molecule has 0 unspecified atom stereocenters. The van der Waals surface area contributed by atoms with Crippen LogP contribution in [0.15, 0.2) is 48.5 Å². The fraction of sp³-hybridized carbons (Fsp3) is 0.188. The second kappa shape index (κ2) is 7.72. The molecule has 2 rings (SSSR count). The Labute approximate surface area is 146 Å². The van der Waals surface area contributed by atoms with Gasteiger partial charge in [-0.2, -0.15) is 13.2 Å². The van der Waals surface area contributed by atoms with Crippen molar-refractivity contribution >= 4 is 23.0 Å². The Morgan fingerprint density at radius 2 is 1.85 bits per heavy atom. The lowest BCUT2D eigenvalue weighted by Crippen LogP contribution is -2.33. The van der Waals surface area contributed by atoms with Gasteiger partial charge in [-0.15, -0.1) is 0 Å². The highest BCUT2D eigenvalue weighted by Crippen LogP contribution is 2.35. The lowest BCUT2D eigenvalue weighted by atomic mass is 10.1. The number of hydrazine groups is 1. The van der Waals surface area contributed by atoms with E-state index < -0.39 is 28.3 Å². The summed E-state index contributed by atoms with van der Waals surface area (Å²) in [6.45, 7) is 0.0670. The first kappa shape index (κ1) is 19.0. The number of halogens is 3. The number of carbonyl (C=O) groups excluding carboxylic acids is 1. The molecule has 0 saturated heterocycles. The van der Waals surface area contributed by atoms with Crippen LogP contribution < -0.4 is 16.2 Å². The topological polar surface area (TPSA) is 102 Å². The first-order valence-electron chi connectivity index (χ1n) is 7.41. The van der Waals surface area contributed by atoms with E-state index in [0.29, 0.717) is 11.8 Å². The summed E-state index contributed by atoms with van der Waals surface area (Å²) < 4.78 is 38.4. The molecular weight excluding hydrogens is 353 g/mol. The Kier molecular flexibility index (Phi) is 5.65. The molecule has 0 saturated carbocycles. The van der Waals surface area contributed by atoms with Gasteiger partial charge in [0.25, 0.3) is 5.69 Å². The van der Waals surface area contributed by atoms with E-state index in [1.807, 2.05) is 0 Å².